The average Bonchev–Trinajstić information content (AvgIpc) is 2.49. The van der Waals surface area contributed by atoms with Crippen molar-refractivity contribution in [3.05, 3.63) is 36.0 Å². The predicted octanol–water partition coefficient (Wildman–Crippen LogP) is 3.37. The molecule has 1 aromatic carbocycles. The van der Waals surface area contributed by atoms with E-state index in [0.29, 0.717) is 24.5 Å². The van der Waals surface area contributed by atoms with Crippen molar-refractivity contribution in [3.8, 4) is 0 Å². The van der Waals surface area contributed by atoms with Crippen LogP contribution >= 0.6 is 0 Å². The minimum atomic E-state index is -0.516. The number of rotatable bonds is 5. The SMILES string of the molecule is CC(=O)c1cnc(NCCNC(=O)OC(C)(C)C)c2ccccc12. The van der Waals surface area contributed by atoms with Gasteiger partial charge in [-0.1, -0.05) is 24.3 Å². The maximum absolute atomic E-state index is 11.7. The minimum absolute atomic E-state index is 0.0168. The molecule has 0 atom stereocenters. The number of pyridine rings is 1. The number of fused-ring (bicyclic) bond motifs is 1. The van der Waals surface area contributed by atoms with E-state index < -0.39 is 11.7 Å². The first-order valence-electron chi connectivity index (χ1n) is 7.87. The molecule has 2 aromatic rings. The molecule has 0 unspecified atom stereocenters. The van der Waals surface area contributed by atoms with Crippen molar-refractivity contribution in [1.82, 2.24) is 10.3 Å². The molecule has 0 spiro atoms. The number of hydrogen-bond donors (Lipinski definition) is 2. The summed E-state index contributed by atoms with van der Waals surface area (Å²) >= 11 is 0. The summed E-state index contributed by atoms with van der Waals surface area (Å²) in [5, 5.41) is 7.60. The minimum Gasteiger partial charge on any atom is -0.444 e. The maximum atomic E-state index is 11.7. The van der Waals surface area contributed by atoms with Crippen LogP contribution in [0.15, 0.2) is 30.5 Å². The van der Waals surface area contributed by atoms with Gasteiger partial charge in [0, 0.05) is 30.2 Å². The van der Waals surface area contributed by atoms with Gasteiger partial charge in [-0.2, -0.15) is 0 Å². The summed E-state index contributed by atoms with van der Waals surface area (Å²) in [6.45, 7) is 7.88. The van der Waals surface area contributed by atoms with Gasteiger partial charge in [-0.3, -0.25) is 4.79 Å². The van der Waals surface area contributed by atoms with Crippen LogP contribution < -0.4 is 10.6 Å². The van der Waals surface area contributed by atoms with Crippen molar-refractivity contribution in [2.75, 3.05) is 18.4 Å². The zero-order chi connectivity index (χ0) is 17.7. The molecule has 1 amide bonds. The molecule has 24 heavy (non-hydrogen) atoms. The number of ether oxygens (including phenoxy) is 1. The molecule has 0 saturated heterocycles. The van der Waals surface area contributed by atoms with E-state index in [0.717, 1.165) is 10.8 Å². The van der Waals surface area contributed by atoms with Gasteiger partial charge in [0.15, 0.2) is 5.78 Å². The van der Waals surface area contributed by atoms with Gasteiger partial charge in [0.05, 0.1) is 0 Å². The van der Waals surface area contributed by atoms with Crippen molar-refractivity contribution >= 4 is 28.5 Å². The number of hydrogen-bond acceptors (Lipinski definition) is 5. The van der Waals surface area contributed by atoms with Crippen molar-refractivity contribution in [2.45, 2.75) is 33.3 Å². The Morgan fingerprint density at radius 3 is 2.42 bits per heavy atom. The summed E-state index contributed by atoms with van der Waals surface area (Å²) in [6, 6.07) is 7.61. The Morgan fingerprint density at radius 2 is 1.79 bits per heavy atom. The smallest absolute Gasteiger partial charge is 0.407 e. The van der Waals surface area contributed by atoms with Crippen molar-refractivity contribution < 1.29 is 14.3 Å². The van der Waals surface area contributed by atoms with E-state index >= 15 is 0 Å². The second-order valence-electron chi connectivity index (χ2n) is 6.48. The van der Waals surface area contributed by atoms with E-state index in [2.05, 4.69) is 15.6 Å². The van der Waals surface area contributed by atoms with Gasteiger partial charge in [-0.25, -0.2) is 9.78 Å². The molecule has 2 N–H and O–H groups in total. The Bertz CT molecular complexity index is 751. The molecular formula is C18H23N3O3. The number of carbonyl (C=O) groups excluding carboxylic acids is 2. The summed E-state index contributed by atoms with van der Waals surface area (Å²) < 4.78 is 5.17. The molecule has 0 aliphatic heterocycles. The molecule has 128 valence electrons. The second kappa shape index (κ2) is 7.29. The number of benzene rings is 1. The Hall–Kier alpha value is -2.63. The van der Waals surface area contributed by atoms with Crippen LogP contribution in [0.3, 0.4) is 0 Å². The second-order valence-corrected chi connectivity index (χ2v) is 6.48. The zero-order valence-electron chi connectivity index (χ0n) is 14.5. The fourth-order valence-electron chi connectivity index (χ4n) is 2.27. The molecule has 1 aromatic heterocycles. The molecule has 0 saturated carbocycles. The maximum Gasteiger partial charge on any atom is 0.407 e. The van der Waals surface area contributed by atoms with Crippen molar-refractivity contribution in [1.29, 1.82) is 0 Å². The van der Waals surface area contributed by atoms with E-state index in [-0.39, 0.29) is 5.78 Å². The topological polar surface area (TPSA) is 80.3 Å². The molecule has 0 radical (unpaired) electrons. The molecule has 6 nitrogen and oxygen atoms in total. The summed E-state index contributed by atoms with van der Waals surface area (Å²) in [5.74, 6) is 0.665. The number of alkyl carbamates (subject to hydrolysis) is 1. The summed E-state index contributed by atoms with van der Waals surface area (Å²) in [7, 11) is 0. The summed E-state index contributed by atoms with van der Waals surface area (Å²) in [5.41, 5.74) is 0.0839. The van der Waals surface area contributed by atoms with Crippen molar-refractivity contribution in [2.24, 2.45) is 0 Å². The fraction of sp³-hybridized carbons (Fsp3) is 0.389. The number of nitrogens with zero attached hydrogens (tertiary/aromatic N) is 1. The third-order valence-electron chi connectivity index (χ3n) is 3.26. The molecule has 0 aliphatic rings. The standard InChI is InChI=1S/C18H23N3O3/c1-12(22)15-11-21-16(14-8-6-5-7-13(14)15)19-9-10-20-17(23)24-18(2,3)4/h5-8,11H,9-10H2,1-4H3,(H,19,21)(H,20,23). The van der Waals surface area contributed by atoms with Crippen LogP contribution in [0.25, 0.3) is 10.8 Å². The van der Waals surface area contributed by atoms with Gasteiger partial charge in [0.25, 0.3) is 0 Å². The number of Topliss-reactive ketones (excluding diaryl/α,β-unsaturated/α-hetero) is 1. The molecule has 6 heteroatoms. The van der Waals surface area contributed by atoms with Crippen molar-refractivity contribution in [3.63, 3.8) is 0 Å². The quantitative estimate of drug-likeness (QED) is 0.649. The molecule has 1 heterocycles. The molecule has 0 bridgehead atoms. The Kier molecular flexibility index (Phi) is 5.39. The number of ketones is 1. The number of aromatic nitrogens is 1. The normalized spacial score (nSPS) is 11.2. The van der Waals surface area contributed by atoms with Gasteiger partial charge >= 0.3 is 6.09 Å². The first kappa shape index (κ1) is 17.7. The lowest BCUT2D eigenvalue weighted by Gasteiger charge is -2.19. The number of amides is 1. The van der Waals surface area contributed by atoms with Crippen LogP contribution in [0.2, 0.25) is 0 Å². The summed E-state index contributed by atoms with van der Waals surface area (Å²) in [4.78, 5) is 27.6. The lowest BCUT2D eigenvalue weighted by atomic mass is 10.0. The van der Waals surface area contributed by atoms with Gasteiger partial charge < -0.3 is 15.4 Å². The van der Waals surface area contributed by atoms with E-state index in [4.69, 9.17) is 4.74 Å². The molecule has 0 aliphatic carbocycles. The Balaban J connectivity index is 2.00. The first-order valence-corrected chi connectivity index (χ1v) is 7.87. The average molecular weight is 329 g/mol. The van der Waals surface area contributed by atoms with E-state index in [1.807, 2.05) is 45.0 Å². The fourth-order valence-corrected chi connectivity index (χ4v) is 2.27. The van der Waals surface area contributed by atoms with Gasteiger partial charge in [0.1, 0.15) is 11.4 Å². The van der Waals surface area contributed by atoms with E-state index in [1.54, 1.807) is 6.20 Å². The first-order chi connectivity index (χ1) is 11.3. The van der Waals surface area contributed by atoms with Gasteiger partial charge in [-0.05, 0) is 33.1 Å². The molecular weight excluding hydrogens is 306 g/mol. The van der Waals surface area contributed by atoms with Crippen LogP contribution in [-0.2, 0) is 4.74 Å². The van der Waals surface area contributed by atoms with E-state index in [9.17, 15) is 9.59 Å². The largest absolute Gasteiger partial charge is 0.444 e. The van der Waals surface area contributed by atoms with Gasteiger partial charge in [0.2, 0.25) is 0 Å². The van der Waals surface area contributed by atoms with Crippen LogP contribution in [0.1, 0.15) is 38.1 Å². The summed E-state index contributed by atoms with van der Waals surface area (Å²) in [6.07, 6.45) is 1.13. The number of anilines is 1. The highest BCUT2D eigenvalue weighted by atomic mass is 16.6. The molecule has 2 rings (SSSR count). The van der Waals surface area contributed by atoms with Crippen LogP contribution in [-0.4, -0.2) is 35.6 Å². The highest BCUT2D eigenvalue weighted by Gasteiger charge is 2.15. The monoisotopic (exact) mass is 329 g/mol. The number of carbonyl (C=O) groups is 2. The Morgan fingerprint density at radius 1 is 1.12 bits per heavy atom. The van der Waals surface area contributed by atoms with Gasteiger partial charge in [-0.15, -0.1) is 0 Å². The highest BCUT2D eigenvalue weighted by molar-refractivity contribution is 6.09. The number of nitrogens with one attached hydrogen (secondary N) is 2. The van der Waals surface area contributed by atoms with Crippen LogP contribution in [0.5, 0.6) is 0 Å². The lowest BCUT2D eigenvalue weighted by Crippen LogP contribution is -2.35. The van der Waals surface area contributed by atoms with Crippen LogP contribution in [0, 0.1) is 0 Å². The zero-order valence-corrected chi connectivity index (χ0v) is 14.5. The predicted molar refractivity (Wildman–Crippen MR) is 94.5 cm³/mol. The Labute approximate surface area is 141 Å². The van der Waals surface area contributed by atoms with Crippen LogP contribution in [0.4, 0.5) is 10.6 Å². The van der Waals surface area contributed by atoms with E-state index in [1.165, 1.54) is 6.92 Å². The highest BCUT2D eigenvalue weighted by Crippen LogP contribution is 2.24. The third kappa shape index (κ3) is 4.68. The lowest BCUT2D eigenvalue weighted by molar-refractivity contribution is 0.0530. The third-order valence-corrected chi connectivity index (χ3v) is 3.26. The molecule has 0 fully saturated rings.